The van der Waals surface area contributed by atoms with Crippen molar-refractivity contribution in [1.82, 2.24) is 0 Å². The van der Waals surface area contributed by atoms with Crippen molar-refractivity contribution in [3.8, 4) is 46.9 Å². The highest BCUT2D eigenvalue weighted by atomic mass is 14.1. The number of hydrogen-bond donors (Lipinski definition) is 0. The first-order valence-electron chi connectivity index (χ1n) is 7.88. The van der Waals surface area contributed by atoms with Crippen LogP contribution in [-0.4, -0.2) is 0 Å². The number of terminal acetylenes is 2. The van der Waals surface area contributed by atoms with Crippen molar-refractivity contribution in [2.45, 2.75) is 13.8 Å². The fourth-order valence-electron chi connectivity index (χ4n) is 2.85. The fraction of sp³-hybridized carbons (Fsp3) is 0.0833. The van der Waals surface area contributed by atoms with E-state index in [9.17, 15) is 0 Å². The Morgan fingerprint density at radius 3 is 1.17 bits per heavy atom. The van der Waals surface area contributed by atoms with E-state index in [0.29, 0.717) is 0 Å². The normalized spacial score (nSPS) is 10.0. The number of benzene rings is 3. The summed E-state index contributed by atoms with van der Waals surface area (Å²) in [6, 6.07) is 20.8. The molecule has 0 aromatic heterocycles. The predicted octanol–water partition coefficient (Wildman–Crippen LogP) is 5.60. The lowest BCUT2D eigenvalue weighted by molar-refractivity contribution is 1.45. The van der Waals surface area contributed by atoms with E-state index in [1.807, 2.05) is 0 Å². The van der Waals surface area contributed by atoms with Gasteiger partial charge in [0, 0.05) is 11.1 Å². The van der Waals surface area contributed by atoms with Crippen molar-refractivity contribution in [1.29, 1.82) is 0 Å². The van der Waals surface area contributed by atoms with Crippen molar-refractivity contribution in [3.05, 3.63) is 82.9 Å². The van der Waals surface area contributed by atoms with Gasteiger partial charge in [0.15, 0.2) is 0 Å². The molecule has 0 aliphatic heterocycles. The van der Waals surface area contributed by atoms with Gasteiger partial charge in [-0.05, 0) is 36.1 Å². The molecular formula is C24H18. The number of rotatable bonds is 2. The summed E-state index contributed by atoms with van der Waals surface area (Å²) < 4.78 is 0. The van der Waals surface area contributed by atoms with E-state index in [0.717, 1.165) is 33.4 Å². The summed E-state index contributed by atoms with van der Waals surface area (Å²) >= 11 is 0. The Labute approximate surface area is 144 Å². The van der Waals surface area contributed by atoms with Crippen LogP contribution in [0.4, 0.5) is 0 Å². The van der Waals surface area contributed by atoms with Crippen LogP contribution in [0.2, 0.25) is 0 Å². The molecule has 0 atom stereocenters. The average molecular weight is 306 g/mol. The van der Waals surface area contributed by atoms with E-state index < -0.39 is 0 Å². The lowest BCUT2D eigenvalue weighted by Crippen LogP contribution is -1.94. The second-order valence-electron chi connectivity index (χ2n) is 5.93. The highest BCUT2D eigenvalue weighted by Gasteiger charge is 2.13. The first-order chi connectivity index (χ1) is 11.6. The van der Waals surface area contributed by atoms with Gasteiger partial charge in [-0.2, -0.15) is 0 Å². The Morgan fingerprint density at radius 2 is 0.875 bits per heavy atom. The van der Waals surface area contributed by atoms with Gasteiger partial charge in [0.25, 0.3) is 0 Å². The Morgan fingerprint density at radius 1 is 0.542 bits per heavy atom. The zero-order valence-electron chi connectivity index (χ0n) is 13.9. The molecule has 24 heavy (non-hydrogen) atoms. The molecule has 0 amide bonds. The molecule has 0 heterocycles. The van der Waals surface area contributed by atoms with Crippen molar-refractivity contribution in [3.63, 3.8) is 0 Å². The third-order valence-electron chi connectivity index (χ3n) is 4.22. The summed E-state index contributed by atoms with van der Waals surface area (Å²) in [4.78, 5) is 0. The zero-order valence-corrected chi connectivity index (χ0v) is 13.9. The first-order valence-corrected chi connectivity index (χ1v) is 7.88. The van der Waals surface area contributed by atoms with Gasteiger partial charge in [0.1, 0.15) is 0 Å². The molecule has 3 aromatic carbocycles. The molecule has 3 rings (SSSR count). The maximum absolute atomic E-state index is 5.82. The first kappa shape index (κ1) is 15.7. The zero-order chi connectivity index (χ0) is 17.1. The smallest absolute Gasteiger partial charge is 0.0483 e. The SMILES string of the molecule is C#Cc1c(-c2ccc(C)cc2)ccc(-c2ccc(C)cc2)c1C#C. The van der Waals surface area contributed by atoms with Gasteiger partial charge >= 0.3 is 0 Å². The maximum Gasteiger partial charge on any atom is 0.0483 e. The monoisotopic (exact) mass is 306 g/mol. The second-order valence-corrected chi connectivity index (χ2v) is 5.93. The number of aryl methyl sites for hydroxylation is 2. The molecule has 0 radical (unpaired) electrons. The molecule has 0 aliphatic carbocycles. The minimum absolute atomic E-state index is 0.777. The van der Waals surface area contributed by atoms with Crippen LogP contribution >= 0.6 is 0 Å². The van der Waals surface area contributed by atoms with Crippen molar-refractivity contribution >= 4 is 0 Å². The molecule has 3 aromatic rings. The van der Waals surface area contributed by atoms with Crippen LogP contribution in [0.1, 0.15) is 22.3 Å². The summed E-state index contributed by atoms with van der Waals surface area (Å²) in [7, 11) is 0. The van der Waals surface area contributed by atoms with Crippen LogP contribution < -0.4 is 0 Å². The molecule has 0 N–H and O–H groups in total. The van der Waals surface area contributed by atoms with Crippen LogP contribution in [-0.2, 0) is 0 Å². The van der Waals surface area contributed by atoms with Crippen molar-refractivity contribution < 1.29 is 0 Å². The molecule has 0 bridgehead atoms. The Kier molecular flexibility index (Phi) is 4.24. The largest absolute Gasteiger partial charge is 0.115 e. The Balaban J connectivity index is 2.22. The van der Waals surface area contributed by atoms with E-state index in [-0.39, 0.29) is 0 Å². The summed E-state index contributed by atoms with van der Waals surface area (Å²) in [6.07, 6.45) is 11.6. The predicted molar refractivity (Wildman–Crippen MR) is 103 cm³/mol. The van der Waals surface area contributed by atoms with Crippen LogP contribution in [0.3, 0.4) is 0 Å². The molecule has 0 aliphatic rings. The molecule has 0 spiro atoms. The summed E-state index contributed by atoms with van der Waals surface area (Å²) in [5.74, 6) is 5.61. The number of hydrogen-bond acceptors (Lipinski definition) is 0. The van der Waals surface area contributed by atoms with Gasteiger partial charge < -0.3 is 0 Å². The summed E-state index contributed by atoms with van der Waals surface area (Å²) in [5, 5.41) is 0. The quantitative estimate of drug-likeness (QED) is 0.541. The molecular weight excluding hydrogens is 288 g/mol. The van der Waals surface area contributed by atoms with E-state index >= 15 is 0 Å². The maximum atomic E-state index is 5.82. The van der Waals surface area contributed by atoms with Crippen molar-refractivity contribution in [2.24, 2.45) is 0 Å². The third-order valence-corrected chi connectivity index (χ3v) is 4.22. The standard InChI is InChI=1S/C24H18/c1-5-21-22(6-2)24(20-13-9-18(4)10-14-20)16-15-23(21)19-11-7-17(3)8-12-19/h1-2,7-16H,3-4H3. The van der Waals surface area contributed by atoms with Crippen molar-refractivity contribution in [2.75, 3.05) is 0 Å². The van der Waals surface area contributed by atoms with Crippen LogP contribution in [0.15, 0.2) is 60.7 Å². The lowest BCUT2D eigenvalue weighted by atomic mass is 9.89. The highest BCUT2D eigenvalue weighted by Crippen LogP contribution is 2.33. The van der Waals surface area contributed by atoms with Gasteiger partial charge in [-0.3, -0.25) is 0 Å². The van der Waals surface area contributed by atoms with E-state index in [2.05, 4.69) is 86.4 Å². The molecule has 0 fully saturated rings. The lowest BCUT2D eigenvalue weighted by Gasteiger charge is -2.13. The van der Waals surface area contributed by atoms with Gasteiger partial charge in [0.05, 0.1) is 0 Å². The average Bonchev–Trinajstić information content (AvgIpc) is 2.62. The molecule has 0 unspecified atom stereocenters. The molecule has 0 nitrogen and oxygen atoms in total. The molecule has 0 saturated carbocycles. The van der Waals surface area contributed by atoms with Crippen LogP contribution in [0, 0.1) is 38.5 Å². The van der Waals surface area contributed by atoms with Crippen LogP contribution in [0.5, 0.6) is 0 Å². The summed E-state index contributed by atoms with van der Waals surface area (Å²) in [6.45, 7) is 4.14. The topological polar surface area (TPSA) is 0 Å². The van der Waals surface area contributed by atoms with Gasteiger partial charge in [-0.25, -0.2) is 0 Å². The molecule has 114 valence electrons. The molecule has 0 saturated heterocycles. The highest BCUT2D eigenvalue weighted by molar-refractivity contribution is 5.83. The van der Waals surface area contributed by atoms with Crippen LogP contribution in [0.25, 0.3) is 22.3 Å². The van der Waals surface area contributed by atoms with Gasteiger partial charge in [-0.1, -0.05) is 83.6 Å². The van der Waals surface area contributed by atoms with Gasteiger partial charge in [-0.15, -0.1) is 12.8 Å². The van der Waals surface area contributed by atoms with E-state index in [1.54, 1.807) is 0 Å². The molecule has 0 heteroatoms. The third kappa shape index (κ3) is 2.83. The van der Waals surface area contributed by atoms with E-state index in [1.165, 1.54) is 11.1 Å². The Hall–Kier alpha value is -3.22. The minimum Gasteiger partial charge on any atom is -0.115 e. The fourth-order valence-corrected chi connectivity index (χ4v) is 2.85. The second kappa shape index (κ2) is 6.49. The Bertz CT molecular complexity index is 874. The summed E-state index contributed by atoms with van der Waals surface area (Å²) in [5.41, 5.74) is 8.16. The minimum atomic E-state index is 0.777. The van der Waals surface area contributed by atoms with E-state index in [4.69, 9.17) is 12.8 Å². The van der Waals surface area contributed by atoms with Gasteiger partial charge in [0.2, 0.25) is 0 Å².